The molecule has 0 bridgehead atoms. The molecule has 2 nitrogen and oxygen atoms in total. The minimum Gasteiger partial charge on any atom is -0.314 e. The second kappa shape index (κ2) is 6.41. The third kappa shape index (κ3) is 4.43. The Morgan fingerprint density at radius 2 is 1.93 bits per heavy atom. The van der Waals surface area contributed by atoms with Gasteiger partial charge in [-0.15, -0.1) is 0 Å². The first kappa shape index (κ1) is 12.0. The molecule has 84 valence electrons. The summed E-state index contributed by atoms with van der Waals surface area (Å²) in [6.07, 6.45) is 7.02. The minimum atomic E-state index is 0.631. The smallest absolute Gasteiger partial charge is 0.00922 e. The molecule has 1 N–H and O–H groups in total. The summed E-state index contributed by atoms with van der Waals surface area (Å²) in [5.41, 5.74) is 0. The number of nitrogens with zero attached hydrogens (tertiary/aromatic N) is 1. The SMILES string of the molecule is CC(C)NCCCN(C)C1CCCC1. The van der Waals surface area contributed by atoms with Gasteiger partial charge in [-0.3, -0.25) is 0 Å². The predicted octanol–water partition coefficient (Wildman–Crippen LogP) is 2.25. The molecule has 1 aliphatic carbocycles. The Kier molecular flexibility index (Phi) is 5.49. The summed E-state index contributed by atoms with van der Waals surface area (Å²) in [4.78, 5) is 2.55. The van der Waals surface area contributed by atoms with E-state index in [0.29, 0.717) is 6.04 Å². The van der Waals surface area contributed by atoms with Crippen LogP contribution in [-0.4, -0.2) is 37.1 Å². The lowest BCUT2D eigenvalue weighted by molar-refractivity contribution is 0.241. The Morgan fingerprint density at radius 3 is 2.50 bits per heavy atom. The van der Waals surface area contributed by atoms with E-state index in [9.17, 15) is 0 Å². The predicted molar refractivity (Wildman–Crippen MR) is 62.6 cm³/mol. The first-order valence-corrected chi connectivity index (χ1v) is 6.14. The van der Waals surface area contributed by atoms with E-state index >= 15 is 0 Å². The van der Waals surface area contributed by atoms with Gasteiger partial charge in [-0.1, -0.05) is 26.7 Å². The van der Waals surface area contributed by atoms with Crippen molar-refractivity contribution >= 4 is 0 Å². The van der Waals surface area contributed by atoms with Crippen LogP contribution in [0.3, 0.4) is 0 Å². The largest absolute Gasteiger partial charge is 0.314 e. The average Bonchev–Trinajstić information content (AvgIpc) is 2.64. The van der Waals surface area contributed by atoms with Gasteiger partial charge in [0.15, 0.2) is 0 Å². The third-order valence-electron chi connectivity index (χ3n) is 3.19. The first-order chi connectivity index (χ1) is 6.70. The van der Waals surface area contributed by atoms with Crippen molar-refractivity contribution in [2.24, 2.45) is 0 Å². The second-order valence-corrected chi connectivity index (χ2v) is 4.88. The summed E-state index contributed by atoms with van der Waals surface area (Å²) >= 11 is 0. The van der Waals surface area contributed by atoms with Gasteiger partial charge in [0.2, 0.25) is 0 Å². The molecule has 0 aromatic rings. The summed E-state index contributed by atoms with van der Waals surface area (Å²) in [6, 6.07) is 1.51. The maximum atomic E-state index is 3.46. The molecular formula is C12H26N2. The topological polar surface area (TPSA) is 15.3 Å². The number of hydrogen-bond donors (Lipinski definition) is 1. The summed E-state index contributed by atoms with van der Waals surface area (Å²) in [7, 11) is 2.28. The van der Waals surface area contributed by atoms with Crippen molar-refractivity contribution < 1.29 is 0 Å². The Bertz CT molecular complexity index is 139. The summed E-state index contributed by atoms with van der Waals surface area (Å²) in [5, 5.41) is 3.46. The van der Waals surface area contributed by atoms with Crippen molar-refractivity contribution in [1.29, 1.82) is 0 Å². The van der Waals surface area contributed by atoms with Crippen LogP contribution in [0.5, 0.6) is 0 Å². The highest BCUT2D eigenvalue weighted by Gasteiger charge is 2.18. The van der Waals surface area contributed by atoms with Crippen LogP contribution in [0.4, 0.5) is 0 Å². The van der Waals surface area contributed by atoms with Crippen LogP contribution in [0.1, 0.15) is 46.0 Å². The fourth-order valence-corrected chi connectivity index (χ4v) is 2.25. The lowest BCUT2D eigenvalue weighted by Crippen LogP contribution is -2.32. The molecule has 0 aliphatic heterocycles. The lowest BCUT2D eigenvalue weighted by Gasteiger charge is -2.24. The van der Waals surface area contributed by atoms with Gasteiger partial charge in [-0.2, -0.15) is 0 Å². The molecule has 0 radical (unpaired) electrons. The molecule has 0 unspecified atom stereocenters. The Labute approximate surface area is 89.1 Å². The molecule has 0 heterocycles. The fraction of sp³-hybridized carbons (Fsp3) is 1.00. The zero-order chi connectivity index (χ0) is 10.4. The summed E-state index contributed by atoms with van der Waals surface area (Å²) < 4.78 is 0. The van der Waals surface area contributed by atoms with E-state index < -0.39 is 0 Å². The maximum Gasteiger partial charge on any atom is 0.00922 e. The number of nitrogens with one attached hydrogen (secondary N) is 1. The van der Waals surface area contributed by atoms with Crippen molar-refractivity contribution in [2.75, 3.05) is 20.1 Å². The van der Waals surface area contributed by atoms with Crippen molar-refractivity contribution in [3.63, 3.8) is 0 Å². The fourth-order valence-electron chi connectivity index (χ4n) is 2.25. The quantitative estimate of drug-likeness (QED) is 0.659. The van der Waals surface area contributed by atoms with E-state index in [2.05, 4.69) is 31.1 Å². The van der Waals surface area contributed by atoms with E-state index in [4.69, 9.17) is 0 Å². The molecule has 1 fully saturated rings. The first-order valence-electron chi connectivity index (χ1n) is 6.14. The molecule has 0 saturated heterocycles. The lowest BCUT2D eigenvalue weighted by atomic mass is 10.2. The molecule has 14 heavy (non-hydrogen) atoms. The van der Waals surface area contributed by atoms with Crippen LogP contribution >= 0.6 is 0 Å². The van der Waals surface area contributed by atoms with E-state index in [1.54, 1.807) is 0 Å². The molecule has 0 aromatic heterocycles. The maximum absolute atomic E-state index is 3.46. The zero-order valence-electron chi connectivity index (χ0n) is 10.1. The number of hydrogen-bond acceptors (Lipinski definition) is 2. The summed E-state index contributed by atoms with van der Waals surface area (Å²) in [5.74, 6) is 0. The standard InChI is InChI=1S/C12H26N2/c1-11(2)13-9-6-10-14(3)12-7-4-5-8-12/h11-13H,4-10H2,1-3H3. The molecular weight excluding hydrogens is 172 g/mol. The van der Waals surface area contributed by atoms with E-state index in [1.165, 1.54) is 38.6 Å². The van der Waals surface area contributed by atoms with Crippen molar-refractivity contribution in [3.05, 3.63) is 0 Å². The van der Waals surface area contributed by atoms with Crippen LogP contribution in [-0.2, 0) is 0 Å². The minimum absolute atomic E-state index is 0.631. The molecule has 0 spiro atoms. The van der Waals surface area contributed by atoms with Crippen LogP contribution < -0.4 is 5.32 Å². The van der Waals surface area contributed by atoms with Crippen LogP contribution in [0.25, 0.3) is 0 Å². The monoisotopic (exact) mass is 198 g/mol. The summed E-state index contributed by atoms with van der Waals surface area (Å²) in [6.45, 7) is 6.83. The third-order valence-corrected chi connectivity index (χ3v) is 3.19. The van der Waals surface area contributed by atoms with Gasteiger partial charge in [-0.25, -0.2) is 0 Å². The van der Waals surface area contributed by atoms with Gasteiger partial charge in [-0.05, 0) is 39.4 Å². The molecule has 1 aliphatic rings. The van der Waals surface area contributed by atoms with E-state index in [0.717, 1.165) is 12.6 Å². The average molecular weight is 198 g/mol. The molecule has 0 aromatic carbocycles. The highest BCUT2D eigenvalue weighted by molar-refractivity contribution is 4.75. The highest BCUT2D eigenvalue weighted by Crippen LogP contribution is 2.22. The molecule has 1 saturated carbocycles. The van der Waals surface area contributed by atoms with Gasteiger partial charge >= 0.3 is 0 Å². The molecule has 0 atom stereocenters. The normalized spacial score (nSPS) is 18.6. The van der Waals surface area contributed by atoms with Crippen molar-refractivity contribution in [3.8, 4) is 0 Å². The van der Waals surface area contributed by atoms with E-state index in [1.807, 2.05) is 0 Å². The van der Waals surface area contributed by atoms with Crippen LogP contribution in [0, 0.1) is 0 Å². The molecule has 0 amide bonds. The van der Waals surface area contributed by atoms with Gasteiger partial charge in [0.25, 0.3) is 0 Å². The van der Waals surface area contributed by atoms with Gasteiger partial charge in [0.1, 0.15) is 0 Å². The Hall–Kier alpha value is -0.0800. The second-order valence-electron chi connectivity index (χ2n) is 4.88. The zero-order valence-corrected chi connectivity index (χ0v) is 10.1. The van der Waals surface area contributed by atoms with Crippen LogP contribution in [0.15, 0.2) is 0 Å². The van der Waals surface area contributed by atoms with Gasteiger partial charge in [0.05, 0.1) is 0 Å². The van der Waals surface area contributed by atoms with Gasteiger partial charge in [0, 0.05) is 12.1 Å². The Morgan fingerprint density at radius 1 is 1.29 bits per heavy atom. The molecule has 2 heteroatoms. The molecule has 1 rings (SSSR count). The Balaban J connectivity index is 1.99. The number of rotatable bonds is 6. The van der Waals surface area contributed by atoms with Crippen LogP contribution in [0.2, 0.25) is 0 Å². The van der Waals surface area contributed by atoms with Gasteiger partial charge < -0.3 is 10.2 Å². The van der Waals surface area contributed by atoms with Crippen molar-refractivity contribution in [1.82, 2.24) is 10.2 Å². The van der Waals surface area contributed by atoms with Crippen molar-refractivity contribution in [2.45, 2.75) is 58.0 Å². The highest BCUT2D eigenvalue weighted by atomic mass is 15.1. The van der Waals surface area contributed by atoms with E-state index in [-0.39, 0.29) is 0 Å².